The number of nitrogens with zero attached hydrogens (tertiary/aromatic N) is 1. The van der Waals surface area contributed by atoms with Gasteiger partial charge in [-0.05, 0) is 25.0 Å². The van der Waals surface area contributed by atoms with Gasteiger partial charge in [-0.15, -0.1) is 0 Å². The molecule has 1 aromatic rings. The Morgan fingerprint density at radius 2 is 1.68 bits per heavy atom. The van der Waals surface area contributed by atoms with Gasteiger partial charge in [-0.1, -0.05) is 12.2 Å². The lowest BCUT2D eigenvalue weighted by Crippen LogP contribution is -2.37. The van der Waals surface area contributed by atoms with Gasteiger partial charge in [-0.25, -0.2) is 0 Å². The van der Waals surface area contributed by atoms with Crippen LogP contribution in [-0.2, 0) is 19.1 Å². The molecule has 1 aliphatic carbocycles. The summed E-state index contributed by atoms with van der Waals surface area (Å²) in [6, 6.07) is 4.65. The summed E-state index contributed by atoms with van der Waals surface area (Å²) in [5.74, 6) is -2.00. The van der Waals surface area contributed by atoms with Crippen LogP contribution in [0.3, 0.4) is 0 Å². The number of amides is 2. The van der Waals surface area contributed by atoms with E-state index in [4.69, 9.17) is 14.2 Å². The molecule has 2 atom stereocenters. The molecule has 0 bridgehead atoms. The summed E-state index contributed by atoms with van der Waals surface area (Å²) in [4.78, 5) is 50.1. The van der Waals surface area contributed by atoms with E-state index >= 15 is 0 Å². The Morgan fingerprint density at radius 1 is 1.04 bits per heavy atom. The molecule has 2 amide bonds. The van der Waals surface area contributed by atoms with Crippen LogP contribution in [0.15, 0.2) is 30.4 Å². The van der Waals surface area contributed by atoms with E-state index in [0.29, 0.717) is 24.3 Å². The number of ether oxygens (including phenoxy) is 3. The van der Waals surface area contributed by atoms with Gasteiger partial charge in [0.25, 0.3) is 0 Å². The molecule has 0 radical (unpaired) electrons. The number of hydrogen-bond donors (Lipinski definition) is 0. The van der Waals surface area contributed by atoms with Gasteiger partial charge in [-0.3, -0.25) is 24.1 Å². The first kappa shape index (κ1) is 19.6. The summed E-state index contributed by atoms with van der Waals surface area (Å²) in [6.45, 7) is -1.01. The van der Waals surface area contributed by atoms with Crippen LogP contribution in [0.5, 0.6) is 11.5 Å². The number of Topliss-reactive ketones (excluding diaryl/α,β-unsaturated/α-hetero) is 1. The Balaban J connectivity index is 1.58. The summed E-state index contributed by atoms with van der Waals surface area (Å²) >= 11 is 0. The van der Waals surface area contributed by atoms with Crippen LogP contribution in [-0.4, -0.2) is 55.8 Å². The maximum absolute atomic E-state index is 12.4. The highest BCUT2D eigenvalue weighted by Gasteiger charge is 2.47. The van der Waals surface area contributed by atoms with Crippen LogP contribution in [0.25, 0.3) is 0 Å². The molecule has 2 aliphatic rings. The first-order chi connectivity index (χ1) is 13.5. The van der Waals surface area contributed by atoms with Crippen molar-refractivity contribution >= 4 is 23.6 Å². The van der Waals surface area contributed by atoms with Crippen LogP contribution < -0.4 is 9.47 Å². The molecule has 1 heterocycles. The van der Waals surface area contributed by atoms with Crippen molar-refractivity contribution in [2.24, 2.45) is 11.8 Å². The molecular formula is C20H21NO7. The number of ketones is 1. The third-order valence-corrected chi connectivity index (χ3v) is 4.96. The minimum Gasteiger partial charge on any atom is -0.497 e. The Kier molecular flexibility index (Phi) is 5.77. The number of esters is 1. The zero-order valence-corrected chi connectivity index (χ0v) is 15.7. The molecule has 1 fully saturated rings. The SMILES string of the molecule is COc1ccc(C(=O)COC(=O)CN2C(=O)[C@H]3CC=CC[C@@H]3C2=O)c(OC)c1. The van der Waals surface area contributed by atoms with Crippen molar-refractivity contribution < 1.29 is 33.4 Å². The molecule has 8 heteroatoms. The van der Waals surface area contributed by atoms with Crippen LogP contribution in [0.1, 0.15) is 23.2 Å². The maximum Gasteiger partial charge on any atom is 0.326 e. The quantitative estimate of drug-likeness (QED) is 0.302. The number of allylic oxidation sites excluding steroid dienone is 2. The summed E-state index contributed by atoms with van der Waals surface area (Å²) < 4.78 is 15.2. The highest BCUT2D eigenvalue weighted by atomic mass is 16.5. The minimum absolute atomic E-state index is 0.238. The van der Waals surface area contributed by atoms with Crippen LogP contribution in [0, 0.1) is 11.8 Å². The van der Waals surface area contributed by atoms with E-state index in [9.17, 15) is 19.2 Å². The van der Waals surface area contributed by atoms with Gasteiger partial charge >= 0.3 is 5.97 Å². The Labute approximate surface area is 162 Å². The van der Waals surface area contributed by atoms with Crippen LogP contribution in [0.2, 0.25) is 0 Å². The fourth-order valence-corrected chi connectivity index (χ4v) is 3.45. The fourth-order valence-electron chi connectivity index (χ4n) is 3.45. The van der Waals surface area contributed by atoms with Gasteiger partial charge in [0.2, 0.25) is 17.6 Å². The second kappa shape index (κ2) is 8.24. The molecule has 3 rings (SSSR count). The molecule has 1 saturated heterocycles. The van der Waals surface area contributed by atoms with E-state index in [2.05, 4.69) is 0 Å². The number of imide groups is 1. The lowest BCUT2D eigenvalue weighted by molar-refractivity contribution is -0.152. The van der Waals surface area contributed by atoms with E-state index in [0.717, 1.165) is 4.90 Å². The maximum atomic E-state index is 12.4. The van der Waals surface area contributed by atoms with Crippen molar-refractivity contribution in [1.29, 1.82) is 0 Å². The predicted molar refractivity (Wildman–Crippen MR) is 96.9 cm³/mol. The topological polar surface area (TPSA) is 99.2 Å². The Bertz CT molecular complexity index is 819. The highest BCUT2D eigenvalue weighted by molar-refractivity contribution is 6.07. The number of likely N-dealkylation sites (tertiary alicyclic amines) is 1. The van der Waals surface area contributed by atoms with E-state index in [1.165, 1.54) is 20.3 Å². The zero-order valence-electron chi connectivity index (χ0n) is 15.7. The lowest BCUT2D eigenvalue weighted by Gasteiger charge is -2.14. The normalized spacial score (nSPS) is 20.7. The molecule has 8 nitrogen and oxygen atoms in total. The minimum atomic E-state index is -0.811. The Hall–Kier alpha value is -3.16. The summed E-state index contributed by atoms with van der Waals surface area (Å²) in [5, 5.41) is 0. The third-order valence-electron chi connectivity index (χ3n) is 4.96. The van der Waals surface area contributed by atoms with Gasteiger partial charge in [0.1, 0.15) is 18.0 Å². The zero-order chi connectivity index (χ0) is 20.3. The van der Waals surface area contributed by atoms with Crippen molar-refractivity contribution in [3.05, 3.63) is 35.9 Å². The van der Waals surface area contributed by atoms with E-state index < -0.39 is 36.7 Å². The molecule has 0 saturated carbocycles. The number of methoxy groups -OCH3 is 2. The summed E-state index contributed by atoms with van der Waals surface area (Å²) in [6.07, 6.45) is 4.73. The number of hydrogen-bond acceptors (Lipinski definition) is 7. The van der Waals surface area contributed by atoms with Crippen molar-refractivity contribution in [2.45, 2.75) is 12.8 Å². The average molecular weight is 387 g/mol. The van der Waals surface area contributed by atoms with Gasteiger partial charge < -0.3 is 14.2 Å². The smallest absolute Gasteiger partial charge is 0.326 e. The molecule has 1 aliphatic heterocycles. The predicted octanol–water partition coefficient (Wildman–Crippen LogP) is 1.38. The molecule has 0 aromatic heterocycles. The standard InChI is InChI=1S/C20H21NO7/c1-26-12-7-8-15(17(9-12)27-2)16(22)11-28-18(23)10-21-19(24)13-5-3-4-6-14(13)20(21)25/h3-4,7-9,13-14H,5-6,10-11H2,1-2H3/t13-,14-/m0/s1. The molecule has 28 heavy (non-hydrogen) atoms. The second-order valence-corrected chi connectivity index (χ2v) is 6.57. The monoisotopic (exact) mass is 387 g/mol. The van der Waals surface area contributed by atoms with Crippen molar-refractivity contribution in [1.82, 2.24) is 4.90 Å². The fraction of sp³-hybridized carbons (Fsp3) is 0.400. The number of rotatable bonds is 7. The highest BCUT2D eigenvalue weighted by Crippen LogP contribution is 2.34. The van der Waals surface area contributed by atoms with E-state index in [-0.39, 0.29) is 17.4 Å². The average Bonchev–Trinajstić information content (AvgIpc) is 2.96. The lowest BCUT2D eigenvalue weighted by atomic mass is 9.85. The Morgan fingerprint density at radius 3 is 2.25 bits per heavy atom. The largest absolute Gasteiger partial charge is 0.497 e. The molecule has 0 N–H and O–H groups in total. The van der Waals surface area contributed by atoms with E-state index in [1.54, 1.807) is 12.1 Å². The number of benzene rings is 1. The first-order valence-corrected chi connectivity index (χ1v) is 8.87. The van der Waals surface area contributed by atoms with E-state index in [1.807, 2.05) is 12.2 Å². The molecular weight excluding hydrogens is 366 g/mol. The first-order valence-electron chi connectivity index (χ1n) is 8.87. The molecule has 0 spiro atoms. The van der Waals surface area contributed by atoms with Gasteiger partial charge in [0, 0.05) is 6.07 Å². The number of carbonyl (C=O) groups is 4. The van der Waals surface area contributed by atoms with Gasteiger partial charge in [0.15, 0.2) is 6.61 Å². The van der Waals surface area contributed by atoms with Crippen LogP contribution >= 0.6 is 0 Å². The second-order valence-electron chi connectivity index (χ2n) is 6.57. The summed E-state index contributed by atoms with van der Waals surface area (Å²) in [7, 11) is 2.90. The van der Waals surface area contributed by atoms with Crippen molar-refractivity contribution in [2.75, 3.05) is 27.4 Å². The van der Waals surface area contributed by atoms with Gasteiger partial charge in [0.05, 0.1) is 31.6 Å². The van der Waals surface area contributed by atoms with Gasteiger partial charge in [-0.2, -0.15) is 0 Å². The number of fused-ring (bicyclic) bond motifs is 1. The molecule has 1 aromatic carbocycles. The summed E-state index contributed by atoms with van der Waals surface area (Å²) in [5.41, 5.74) is 0.238. The van der Waals surface area contributed by atoms with Crippen LogP contribution in [0.4, 0.5) is 0 Å². The molecule has 0 unspecified atom stereocenters. The molecule has 148 valence electrons. The van der Waals surface area contributed by atoms with Crippen molar-refractivity contribution in [3.8, 4) is 11.5 Å². The third kappa shape index (κ3) is 3.76. The van der Waals surface area contributed by atoms with Crippen molar-refractivity contribution in [3.63, 3.8) is 0 Å². The number of carbonyl (C=O) groups excluding carboxylic acids is 4.